The molecule has 56 heavy (non-hydrogen) atoms. The number of allylic oxidation sites excluding steroid dienone is 5. The molecule has 8 atom stereocenters. The van der Waals surface area contributed by atoms with Gasteiger partial charge in [-0.15, -0.1) is 0 Å². The zero-order valence-electron chi connectivity index (χ0n) is 35.5. The van der Waals surface area contributed by atoms with E-state index in [1.807, 2.05) is 12.2 Å². The molecule has 1 heterocycles. The predicted molar refractivity (Wildman–Crippen MR) is 227 cm³/mol. The Morgan fingerprint density at radius 1 is 0.625 bits per heavy atom. The first-order valence-electron chi connectivity index (χ1n) is 22.8. The number of aliphatic hydroxyl groups excluding tert-OH is 6. The van der Waals surface area contributed by atoms with Crippen molar-refractivity contribution in [1.82, 2.24) is 5.32 Å². The molecule has 0 spiro atoms. The zero-order valence-corrected chi connectivity index (χ0v) is 35.5. The number of hydrogen-bond acceptors (Lipinski definition) is 9. The topological polar surface area (TPSA) is 169 Å². The van der Waals surface area contributed by atoms with Crippen LogP contribution in [0.15, 0.2) is 36.5 Å². The van der Waals surface area contributed by atoms with E-state index in [1.54, 1.807) is 6.08 Å². The molecular weight excluding hydrogens is 711 g/mol. The molecular formula is C46H85NO9. The predicted octanol–water partition coefficient (Wildman–Crippen LogP) is 8.25. The summed E-state index contributed by atoms with van der Waals surface area (Å²) in [5.74, 6) is -0.632. The van der Waals surface area contributed by atoms with Crippen LogP contribution in [0.1, 0.15) is 187 Å². The number of ether oxygens (including phenoxy) is 2. The van der Waals surface area contributed by atoms with E-state index < -0.39 is 61.5 Å². The van der Waals surface area contributed by atoms with Crippen molar-refractivity contribution in [2.75, 3.05) is 13.2 Å². The number of hydrogen-bond donors (Lipinski definition) is 7. The van der Waals surface area contributed by atoms with Crippen molar-refractivity contribution in [3.63, 3.8) is 0 Å². The Morgan fingerprint density at radius 3 is 1.61 bits per heavy atom. The van der Waals surface area contributed by atoms with E-state index in [-0.39, 0.29) is 6.61 Å². The lowest BCUT2D eigenvalue weighted by atomic mass is 9.99. The van der Waals surface area contributed by atoms with Crippen LogP contribution in [0.4, 0.5) is 0 Å². The summed E-state index contributed by atoms with van der Waals surface area (Å²) >= 11 is 0. The maximum Gasteiger partial charge on any atom is 0.249 e. The summed E-state index contributed by atoms with van der Waals surface area (Å²) < 4.78 is 11.1. The first-order chi connectivity index (χ1) is 27.3. The highest BCUT2D eigenvalue weighted by atomic mass is 16.7. The minimum absolute atomic E-state index is 0.302. The monoisotopic (exact) mass is 796 g/mol. The number of nitrogens with one attached hydrogen (secondary N) is 1. The Bertz CT molecular complexity index is 990. The zero-order chi connectivity index (χ0) is 41.1. The Morgan fingerprint density at radius 2 is 1.09 bits per heavy atom. The largest absolute Gasteiger partial charge is 0.394 e. The average Bonchev–Trinajstić information content (AvgIpc) is 3.20. The van der Waals surface area contributed by atoms with E-state index >= 15 is 0 Å². The maximum absolute atomic E-state index is 13.0. The van der Waals surface area contributed by atoms with E-state index in [0.717, 1.165) is 32.1 Å². The highest BCUT2D eigenvalue weighted by Gasteiger charge is 2.44. The quantitative estimate of drug-likeness (QED) is 0.0186. The molecule has 0 saturated carbocycles. The van der Waals surface area contributed by atoms with Gasteiger partial charge in [0.1, 0.15) is 30.5 Å². The van der Waals surface area contributed by atoms with Crippen molar-refractivity contribution in [2.24, 2.45) is 0 Å². The van der Waals surface area contributed by atoms with Crippen LogP contribution in [-0.2, 0) is 14.3 Å². The normalized spacial score (nSPS) is 22.0. The lowest BCUT2D eigenvalue weighted by Crippen LogP contribution is -2.60. The molecule has 1 amide bonds. The molecule has 0 bridgehead atoms. The first-order valence-corrected chi connectivity index (χ1v) is 22.8. The Labute approximate surface area is 341 Å². The van der Waals surface area contributed by atoms with Gasteiger partial charge < -0.3 is 45.4 Å². The van der Waals surface area contributed by atoms with Gasteiger partial charge in [0.25, 0.3) is 0 Å². The summed E-state index contributed by atoms with van der Waals surface area (Å²) in [6.45, 7) is 3.55. The Balaban J connectivity index is 2.43. The molecule has 328 valence electrons. The van der Waals surface area contributed by atoms with E-state index in [9.17, 15) is 35.4 Å². The number of amides is 1. The molecule has 1 saturated heterocycles. The van der Waals surface area contributed by atoms with Gasteiger partial charge in [-0.1, -0.05) is 192 Å². The molecule has 7 N–H and O–H groups in total. The van der Waals surface area contributed by atoms with E-state index in [2.05, 4.69) is 37.4 Å². The third kappa shape index (κ3) is 26.4. The van der Waals surface area contributed by atoms with E-state index in [1.165, 1.54) is 122 Å². The van der Waals surface area contributed by atoms with Crippen LogP contribution in [-0.4, -0.2) is 98.7 Å². The summed E-state index contributed by atoms with van der Waals surface area (Å²) in [5, 5.41) is 64.5. The van der Waals surface area contributed by atoms with Crippen molar-refractivity contribution in [2.45, 2.75) is 236 Å². The lowest BCUT2D eigenvalue weighted by molar-refractivity contribution is -0.302. The molecule has 1 aliphatic rings. The van der Waals surface area contributed by atoms with Gasteiger partial charge in [0, 0.05) is 0 Å². The maximum atomic E-state index is 13.0. The summed E-state index contributed by atoms with van der Waals surface area (Å²) in [6.07, 6.45) is 33.8. The second kappa shape index (κ2) is 36.4. The summed E-state index contributed by atoms with van der Waals surface area (Å²) in [4.78, 5) is 13.0. The molecule has 0 aromatic heterocycles. The van der Waals surface area contributed by atoms with Crippen LogP contribution in [0, 0.1) is 0 Å². The third-order valence-electron chi connectivity index (χ3n) is 10.9. The molecule has 10 heteroatoms. The fraction of sp³-hybridized carbons (Fsp3) is 0.848. The summed E-state index contributed by atoms with van der Waals surface area (Å²) in [7, 11) is 0. The van der Waals surface area contributed by atoms with Gasteiger partial charge in [-0.25, -0.2) is 0 Å². The number of unbranched alkanes of at least 4 members (excludes halogenated alkanes) is 23. The van der Waals surface area contributed by atoms with E-state index in [0.29, 0.717) is 19.3 Å². The molecule has 0 aliphatic carbocycles. The van der Waals surface area contributed by atoms with Gasteiger partial charge in [-0.05, 0) is 32.1 Å². The van der Waals surface area contributed by atoms with Crippen LogP contribution < -0.4 is 5.32 Å². The van der Waals surface area contributed by atoms with Crippen molar-refractivity contribution < 1.29 is 44.9 Å². The number of aliphatic hydroxyl groups is 6. The number of carbonyl (C=O) groups excluding carboxylic acids is 1. The van der Waals surface area contributed by atoms with Crippen LogP contribution in [0.3, 0.4) is 0 Å². The smallest absolute Gasteiger partial charge is 0.249 e. The van der Waals surface area contributed by atoms with Crippen molar-refractivity contribution in [1.29, 1.82) is 0 Å². The molecule has 0 aromatic carbocycles. The number of rotatable bonds is 37. The van der Waals surface area contributed by atoms with Gasteiger partial charge in [0.15, 0.2) is 6.29 Å². The van der Waals surface area contributed by atoms with Crippen LogP contribution in [0.2, 0.25) is 0 Å². The highest BCUT2D eigenvalue weighted by Crippen LogP contribution is 2.22. The molecule has 0 aromatic rings. The van der Waals surface area contributed by atoms with Crippen molar-refractivity contribution >= 4 is 5.91 Å². The number of carbonyl (C=O) groups is 1. The molecule has 1 rings (SSSR count). The highest BCUT2D eigenvalue weighted by molar-refractivity contribution is 5.80. The molecule has 10 nitrogen and oxygen atoms in total. The molecule has 0 radical (unpaired) electrons. The van der Waals surface area contributed by atoms with Crippen LogP contribution in [0.25, 0.3) is 0 Å². The van der Waals surface area contributed by atoms with Gasteiger partial charge in [0.05, 0.1) is 25.4 Å². The van der Waals surface area contributed by atoms with E-state index in [4.69, 9.17) is 9.47 Å². The SMILES string of the molecule is CCCCCCCC=CC=CCCC=CC(O)C(COC1OC(CO)C(O)C(O)C1O)NC(=O)C(O)CCCCCCCCCCCCCCCCCCCC. The van der Waals surface area contributed by atoms with Gasteiger partial charge in [-0.3, -0.25) is 4.79 Å². The molecule has 1 fully saturated rings. The van der Waals surface area contributed by atoms with Crippen molar-refractivity contribution in [3.05, 3.63) is 36.5 Å². The lowest BCUT2D eigenvalue weighted by Gasteiger charge is -2.40. The van der Waals surface area contributed by atoms with Gasteiger partial charge >= 0.3 is 0 Å². The summed E-state index contributed by atoms with van der Waals surface area (Å²) in [5.41, 5.74) is 0. The minimum atomic E-state index is -1.62. The Kier molecular flexibility index (Phi) is 34.1. The second-order valence-corrected chi connectivity index (χ2v) is 16.0. The molecule has 1 aliphatic heterocycles. The standard InChI is InChI=1S/C46H85NO9/c1-3-5-7-9-11-13-15-17-18-19-20-21-23-25-27-29-31-33-35-40(50)45(54)47-38(37-55-46-44(53)43(52)42(51)41(36-48)56-46)39(49)34-32-30-28-26-24-22-16-14-12-10-8-6-4-2/h16,22,24,26,32,34,38-44,46,48-53H,3-15,17-21,23,25,27-31,33,35-37H2,1-2H3,(H,47,54). The molecule has 8 unspecified atom stereocenters. The van der Waals surface area contributed by atoms with Gasteiger partial charge in [0.2, 0.25) is 5.91 Å². The van der Waals surface area contributed by atoms with Gasteiger partial charge in [-0.2, -0.15) is 0 Å². The minimum Gasteiger partial charge on any atom is -0.394 e. The summed E-state index contributed by atoms with van der Waals surface area (Å²) in [6, 6.07) is -1.00. The fourth-order valence-corrected chi connectivity index (χ4v) is 7.06. The van der Waals surface area contributed by atoms with Crippen molar-refractivity contribution in [3.8, 4) is 0 Å². The third-order valence-corrected chi connectivity index (χ3v) is 10.9. The Hall–Kier alpha value is -1.63. The first kappa shape index (κ1) is 52.4. The average molecular weight is 796 g/mol. The van der Waals surface area contributed by atoms with Crippen LogP contribution >= 0.6 is 0 Å². The van der Waals surface area contributed by atoms with Crippen LogP contribution in [0.5, 0.6) is 0 Å². The fourth-order valence-electron chi connectivity index (χ4n) is 7.06. The second-order valence-electron chi connectivity index (χ2n) is 16.0.